The third-order valence-electron chi connectivity index (χ3n) is 3.21. The van der Waals surface area contributed by atoms with E-state index in [0.717, 1.165) is 6.54 Å². The number of hydrogen-bond donors (Lipinski definition) is 2. The standard InChI is InChI=1S/C11H26N2O/c1-9(2)10(3)13(6)7-11(4,8-14)12-5/h9-10,12,14H,7-8H2,1-6H3. The summed E-state index contributed by atoms with van der Waals surface area (Å²) < 4.78 is 0. The van der Waals surface area contributed by atoms with E-state index < -0.39 is 0 Å². The van der Waals surface area contributed by atoms with Crippen molar-refractivity contribution in [2.75, 3.05) is 27.2 Å². The van der Waals surface area contributed by atoms with Gasteiger partial charge < -0.3 is 15.3 Å². The second-order valence-electron chi connectivity index (χ2n) is 4.87. The Morgan fingerprint density at radius 3 is 2.14 bits per heavy atom. The van der Waals surface area contributed by atoms with Gasteiger partial charge in [0.05, 0.1) is 12.1 Å². The van der Waals surface area contributed by atoms with Crippen molar-refractivity contribution in [3.05, 3.63) is 0 Å². The van der Waals surface area contributed by atoms with Crippen LogP contribution in [0.25, 0.3) is 0 Å². The summed E-state index contributed by atoms with van der Waals surface area (Å²) in [5, 5.41) is 12.4. The van der Waals surface area contributed by atoms with Crippen LogP contribution in [0.15, 0.2) is 0 Å². The average Bonchev–Trinajstić information content (AvgIpc) is 2.16. The molecule has 0 aromatic heterocycles. The van der Waals surface area contributed by atoms with Gasteiger partial charge in [-0.2, -0.15) is 0 Å². The van der Waals surface area contributed by atoms with Crippen molar-refractivity contribution in [3.8, 4) is 0 Å². The Hall–Kier alpha value is -0.120. The lowest BCUT2D eigenvalue weighted by molar-refractivity contribution is 0.108. The van der Waals surface area contributed by atoms with Crippen LogP contribution in [0.4, 0.5) is 0 Å². The van der Waals surface area contributed by atoms with Crippen LogP contribution in [-0.4, -0.2) is 48.8 Å². The first-order valence-corrected chi connectivity index (χ1v) is 5.36. The fourth-order valence-electron chi connectivity index (χ4n) is 1.41. The molecule has 0 saturated heterocycles. The summed E-state index contributed by atoms with van der Waals surface area (Å²) in [6.07, 6.45) is 0. The fourth-order valence-corrected chi connectivity index (χ4v) is 1.41. The smallest absolute Gasteiger partial charge is 0.0623 e. The molecule has 2 unspecified atom stereocenters. The number of nitrogens with zero attached hydrogens (tertiary/aromatic N) is 1. The number of nitrogens with one attached hydrogen (secondary N) is 1. The zero-order valence-corrected chi connectivity index (χ0v) is 10.5. The summed E-state index contributed by atoms with van der Waals surface area (Å²) in [5.41, 5.74) is -0.197. The summed E-state index contributed by atoms with van der Waals surface area (Å²) in [5.74, 6) is 0.639. The molecule has 0 aliphatic heterocycles. The van der Waals surface area contributed by atoms with Crippen molar-refractivity contribution < 1.29 is 5.11 Å². The minimum Gasteiger partial charge on any atom is -0.394 e. The highest BCUT2D eigenvalue weighted by Crippen LogP contribution is 2.12. The maximum Gasteiger partial charge on any atom is 0.0623 e. The Kier molecular flexibility index (Phi) is 5.64. The second-order valence-corrected chi connectivity index (χ2v) is 4.87. The zero-order chi connectivity index (χ0) is 11.4. The molecule has 86 valence electrons. The van der Waals surface area contributed by atoms with E-state index in [1.165, 1.54) is 0 Å². The van der Waals surface area contributed by atoms with E-state index in [-0.39, 0.29) is 12.1 Å². The van der Waals surface area contributed by atoms with Crippen molar-refractivity contribution >= 4 is 0 Å². The number of hydrogen-bond acceptors (Lipinski definition) is 3. The second kappa shape index (κ2) is 5.69. The predicted octanol–water partition coefficient (Wildman–Crippen LogP) is 0.933. The van der Waals surface area contributed by atoms with Gasteiger partial charge in [0.1, 0.15) is 0 Å². The van der Waals surface area contributed by atoms with Crippen LogP contribution in [0.1, 0.15) is 27.7 Å². The summed E-state index contributed by atoms with van der Waals surface area (Å²) in [4.78, 5) is 2.29. The van der Waals surface area contributed by atoms with Crippen LogP contribution in [0, 0.1) is 5.92 Å². The van der Waals surface area contributed by atoms with Gasteiger partial charge in [-0.05, 0) is 33.9 Å². The van der Waals surface area contributed by atoms with Crippen molar-refractivity contribution in [2.45, 2.75) is 39.3 Å². The normalized spacial score (nSPS) is 18.6. The largest absolute Gasteiger partial charge is 0.394 e. The molecule has 0 radical (unpaired) electrons. The first-order chi connectivity index (χ1) is 6.36. The quantitative estimate of drug-likeness (QED) is 0.673. The molecule has 3 heteroatoms. The summed E-state index contributed by atoms with van der Waals surface area (Å²) in [6, 6.07) is 0.536. The Labute approximate surface area is 88.5 Å². The van der Waals surface area contributed by atoms with E-state index in [4.69, 9.17) is 0 Å². The van der Waals surface area contributed by atoms with Crippen molar-refractivity contribution in [3.63, 3.8) is 0 Å². The first kappa shape index (κ1) is 13.9. The lowest BCUT2D eigenvalue weighted by Crippen LogP contribution is -2.53. The number of aliphatic hydroxyl groups is 1. The molecule has 0 aromatic carbocycles. The maximum absolute atomic E-state index is 9.27. The van der Waals surface area contributed by atoms with Gasteiger partial charge in [0.15, 0.2) is 0 Å². The van der Waals surface area contributed by atoms with E-state index in [0.29, 0.717) is 12.0 Å². The van der Waals surface area contributed by atoms with Gasteiger partial charge in [0.25, 0.3) is 0 Å². The van der Waals surface area contributed by atoms with E-state index >= 15 is 0 Å². The van der Waals surface area contributed by atoms with Gasteiger partial charge in [0, 0.05) is 12.6 Å². The van der Waals surface area contributed by atoms with Crippen molar-refractivity contribution in [1.82, 2.24) is 10.2 Å². The highest BCUT2D eigenvalue weighted by atomic mass is 16.3. The van der Waals surface area contributed by atoms with Gasteiger partial charge in [0.2, 0.25) is 0 Å². The highest BCUT2D eigenvalue weighted by molar-refractivity contribution is 4.85. The first-order valence-electron chi connectivity index (χ1n) is 5.36. The van der Waals surface area contributed by atoms with Gasteiger partial charge in [-0.3, -0.25) is 0 Å². The molecule has 0 bridgehead atoms. The number of aliphatic hydroxyl groups excluding tert-OH is 1. The zero-order valence-electron chi connectivity index (χ0n) is 10.5. The van der Waals surface area contributed by atoms with Crippen molar-refractivity contribution in [1.29, 1.82) is 0 Å². The Morgan fingerprint density at radius 1 is 1.36 bits per heavy atom. The van der Waals surface area contributed by atoms with Crippen LogP contribution in [-0.2, 0) is 0 Å². The molecule has 2 atom stereocenters. The number of likely N-dealkylation sites (N-methyl/N-ethyl adjacent to an activating group) is 2. The molecular formula is C11H26N2O. The van der Waals surface area contributed by atoms with E-state index in [1.54, 1.807) is 0 Å². The van der Waals surface area contributed by atoms with E-state index in [1.807, 2.05) is 14.0 Å². The summed E-state index contributed by atoms with van der Waals surface area (Å²) in [7, 11) is 4.00. The average molecular weight is 202 g/mol. The van der Waals surface area contributed by atoms with Crippen molar-refractivity contribution in [2.24, 2.45) is 5.92 Å². The van der Waals surface area contributed by atoms with Crippen LogP contribution in [0.2, 0.25) is 0 Å². The summed E-state index contributed by atoms with van der Waals surface area (Å²) >= 11 is 0. The van der Waals surface area contributed by atoms with Gasteiger partial charge in [-0.25, -0.2) is 0 Å². The monoisotopic (exact) mass is 202 g/mol. The SMILES string of the molecule is CNC(C)(CO)CN(C)C(C)C(C)C. The van der Waals surface area contributed by atoms with E-state index in [2.05, 4.69) is 38.0 Å². The molecule has 0 aromatic rings. The molecule has 0 aliphatic carbocycles. The molecule has 0 rings (SSSR count). The van der Waals surface area contributed by atoms with Gasteiger partial charge in [-0.15, -0.1) is 0 Å². The molecule has 0 amide bonds. The Bertz CT molecular complexity index is 155. The minimum absolute atomic E-state index is 0.165. The van der Waals surface area contributed by atoms with Crippen LogP contribution >= 0.6 is 0 Å². The summed E-state index contributed by atoms with van der Waals surface area (Å²) in [6.45, 7) is 9.72. The minimum atomic E-state index is -0.197. The molecule has 2 N–H and O–H groups in total. The maximum atomic E-state index is 9.27. The molecule has 0 spiro atoms. The Balaban J connectivity index is 4.22. The number of rotatable bonds is 6. The highest BCUT2D eigenvalue weighted by Gasteiger charge is 2.25. The van der Waals surface area contributed by atoms with Crippen LogP contribution < -0.4 is 5.32 Å². The lowest BCUT2D eigenvalue weighted by Gasteiger charge is -2.36. The van der Waals surface area contributed by atoms with Gasteiger partial charge >= 0.3 is 0 Å². The fraction of sp³-hybridized carbons (Fsp3) is 1.00. The van der Waals surface area contributed by atoms with Crippen LogP contribution in [0.5, 0.6) is 0 Å². The predicted molar refractivity (Wildman–Crippen MR) is 61.5 cm³/mol. The van der Waals surface area contributed by atoms with Crippen LogP contribution in [0.3, 0.4) is 0 Å². The topological polar surface area (TPSA) is 35.5 Å². The lowest BCUT2D eigenvalue weighted by atomic mass is 9.99. The molecule has 14 heavy (non-hydrogen) atoms. The molecule has 0 aliphatic rings. The molecule has 0 heterocycles. The Morgan fingerprint density at radius 2 is 1.86 bits per heavy atom. The molecular weight excluding hydrogens is 176 g/mol. The third-order valence-corrected chi connectivity index (χ3v) is 3.21. The molecule has 0 fully saturated rings. The van der Waals surface area contributed by atoms with Gasteiger partial charge in [-0.1, -0.05) is 13.8 Å². The molecule has 3 nitrogen and oxygen atoms in total. The van der Waals surface area contributed by atoms with E-state index in [9.17, 15) is 5.11 Å². The third kappa shape index (κ3) is 3.95. The molecule has 0 saturated carbocycles.